The van der Waals surface area contributed by atoms with Crippen LogP contribution < -0.4 is 10.6 Å². The minimum absolute atomic E-state index is 0.177. The second kappa shape index (κ2) is 7.32. The number of urea groups is 1. The number of hydrogen-bond acceptors (Lipinski definition) is 4. The zero-order valence-corrected chi connectivity index (χ0v) is 11.5. The van der Waals surface area contributed by atoms with Crippen molar-refractivity contribution in [3.63, 3.8) is 0 Å². The van der Waals surface area contributed by atoms with Crippen molar-refractivity contribution in [1.82, 2.24) is 10.6 Å². The molecule has 0 aromatic carbocycles. The molecule has 0 spiro atoms. The van der Waals surface area contributed by atoms with E-state index in [1.165, 1.54) is 0 Å². The number of amides is 2. The molecule has 0 radical (unpaired) electrons. The molecule has 0 saturated heterocycles. The number of carbonyl (C=O) groups excluding carboxylic acids is 1. The van der Waals surface area contributed by atoms with Gasteiger partial charge in [0.2, 0.25) is 0 Å². The van der Waals surface area contributed by atoms with Gasteiger partial charge in [0.1, 0.15) is 0 Å². The van der Waals surface area contributed by atoms with E-state index in [1.807, 2.05) is 0 Å². The second-order valence-corrected chi connectivity index (χ2v) is 5.93. The largest absolute Gasteiger partial charge is 0.479 e. The topological polar surface area (TPSA) is 116 Å². The quantitative estimate of drug-likeness (QED) is 0.491. The smallest absolute Gasteiger partial charge is 0.337 e. The Balaban J connectivity index is 3.98. The Morgan fingerprint density at radius 2 is 2.00 bits per heavy atom. The van der Waals surface area contributed by atoms with Gasteiger partial charge in [-0.25, -0.2) is 9.59 Å². The number of carbonyl (C=O) groups is 2. The molecule has 106 valence electrons. The van der Waals surface area contributed by atoms with Crippen molar-refractivity contribution in [2.45, 2.75) is 31.9 Å². The molecule has 0 aliphatic rings. The third-order valence-corrected chi connectivity index (χ3v) is 3.08. The molecule has 0 aromatic rings. The zero-order chi connectivity index (χ0) is 14.3. The first kappa shape index (κ1) is 16.9. The van der Waals surface area contributed by atoms with Crippen molar-refractivity contribution in [2.24, 2.45) is 0 Å². The highest BCUT2D eigenvalue weighted by atomic mass is 32.2. The van der Waals surface area contributed by atoms with E-state index in [4.69, 9.17) is 5.11 Å². The van der Waals surface area contributed by atoms with Gasteiger partial charge in [-0.05, 0) is 20.3 Å². The first-order chi connectivity index (χ1) is 8.15. The maximum absolute atomic E-state index is 11.4. The van der Waals surface area contributed by atoms with Crippen molar-refractivity contribution < 1.29 is 24.0 Å². The summed E-state index contributed by atoms with van der Waals surface area (Å²) in [5.74, 6) is -0.925. The predicted octanol–water partition coefficient (Wildman–Crippen LogP) is -0.722. The molecule has 0 heterocycles. The molecule has 0 aliphatic carbocycles. The third kappa shape index (κ3) is 7.23. The number of carboxylic acid groups (broad SMARTS) is 1. The molecule has 2 amide bonds. The van der Waals surface area contributed by atoms with E-state index in [9.17, 15) is 18.9 Å². The van der Waals surface area contributed by atoms with Crippen molar-refractivity contribution >= 4 is 22.8 Å². The highest BCUT2D eigenvalue weighted by Gasteiger charge is 2.30. The Morgan fingerprint density at radius 3 is 2.44 bits per heavy atom. The van der Waals surface area contributed by atoms with Crippen molar-refractivity contribution in [3.05, 3.63) is 0 Å². The lowest BCUT2D eigenvalue weighted by Gasteiger charge is -2.20. The van der Waals surface area contributed by atoms with Crippen LogP contribution >= 0.6 is 0 Å². The fraction of sp³-hybridized carbons (Fsp3) is 0.800. The average molecular weight is 280 g/mol. The summed E-state index contributed by atoms with van der Waals surface area (Å²) >= 11 is 0. The van der Waals surface area contributed by atoms with Crippen LogP contribution in [0.1, 0.15) is 20.3 Å². The van der Waals surface area contributed by atoms with E-state index in [1.54, 1.807) is 13.2 Å². The zero-order valence-electron chi connectivity index (χ0n) is 10.7. The second-order valence-electron chi connectivity index (χ2n) is 4.37. The maximum atomic E-state index is 11.4. The van der Waals surface area contributed by atoms with E-state index >= 15 is 0 Å². The average Bonchev–Trinajstić information content (AvgIpc) is 2.23. The van der Waals surface area contributed by atoms with E-state index in [0.29, 0.717) is 12.2 Å². The maximum Gasteiger partial charge on any atom is 0.337 e. The summed E-state index contributed by atoms with van der Waals surface area (Å²) in [5.41, 5.74) is -1.99. The van der Waals surface area contributed by atoms with Crippen molar-refractivity contribution in [3.8, 4) is 0 Å². The van der Waals surface area contributed by atoms with E-state index in [2.05, 4.69) is 10.6 Å². The Hall–Kier alpha value is -1.15. The molecule has 0 bridgehead atoms. The monoisotopic (exact) mass is 280 g/mol. The summed E-state index contributed by atoms with van der Waals surface area (Å²) in [5, 5.41) is 22.8. The summed E-state index contributed by atoms with van der Waals surface area (Å²) in [7, 11) is -0.914. The van der Waals surface area contributed by atoms with E-state index in [-0.39, 0.29) is 12.6 Å². The van der Waals surface area contributed by atoms with Crippen LogP contribution in [0.4, 0.5) is 4.79 Å². The molecule has 4 N–H and O–H groups in total. The highest BCUT2D eigenvalue weighted by molar-refractivity contribution is 7.84. The summed E-state index contributed by atoms with van der Waals surface area (Å²) in [6.07, 6.45) is 2.14. The van der Waals surface area contributed by atoms with Crippen LogP contribution in [0.5, 0.6) is 0 Å². The molecule has 0 aliphatic heterocycles. The minimum Gasteiger partial charge on any atom is -0.479 e. The number of hydrogen-bond donors (Lipinski definition) is 4. The molecule has 0 rings (SSSR count). The van der Waals surface area contributed by atoms with Crippen LogP contribution in [-0.4, -0.2) is 56.6 Å². The van der Waals surface area contributed by atoms with Crippen LogP contribution in [0.2, 0.25) is 0 Å². The molecule has 18 heavy (non-hydrogen) atoms. The molecule has 8 heteroatoms. The van der Waals surface area contributed by atoms with Crippen LogP contribution in [0.25, 0.3) is 0 Å². The van der Waals surface area contributed by atoms with Gasteiger partial charge in [0.05, 0.1) is 6.54 Å². The van der Waals surface area contributed by atoms with Gasteiger partial charge in [0, 0.05) is 28.9 Å². The SMILES string of the molecule is CC(CCS(C)=O)NC(=O)NCC(C)(O)C(=O)O. The molecule has 0 saturated carbocycles. The van der Waals surface area contributed by atoms with Gasteiger partial charge in [-0.1, -0.05) is 0 Å². The summed E-state index contributed by atoms with van der Waals surface area (Å²) in [6.45, 7) is 2.46. The highest BCUT2D eigenvalue weighted by Crippen LogP contribution is 2.00. The van der Waals surface area contributed by atoms with Crippen LogP contribution in [-0.2, 0) is 15.6 Å². The lowest BCUT2D eigenvalue weighted by Crippen LogP contribution is -2.50. The van der Waals surface area contributed by atoms with E-state index < -0.39 is 28.4 Å². The van der Waals surface area contributed by atoms with Gasteiger partial charge in [-0.3, -0.25) is 4.21 Å². The molecular weight excluding hydrogens is 260 g/mol. The van der Waals surface area contributed by atoms with Gasteiger partial charge in [0.15, 0.2) is 5.60 Å². The molecular formula is C10H20N2O5S. The van der Waals surface area contributed by atoms with Gasteiger partial charge in [-0.15, -0.1) is 0 Å². The molecule has 0 aromatic heterocycles. The van der Waals surface area contributed by atoms with Crippen LogP contribution in [0.15, 0.2) is 0 Å². The Bertz CT molecular complexity index is 332. The van der Waals surface area contributed by atoms with Crippen molar-refractivity contribution in [1.29, 1.82) is 0 Å². The molecule has 0 fully saturated rings. The Labute approximate surface area is 108 Å². The van der Waals surface area contributed by atoms with Crippen LogP contribution in [0, 0.1) is 0 Å². The molecule has 3 atom stereocenters. The van der Waals surface area contributed by atoms with Gasteiger partial charge in [-0.2, -0.15) is 0 Å². The number of carboxylic acids is 1. The Kier molecular flexibility index (Phi) is 6.85. The van der Waals surface area contributed by atoms with E-state index in [0.717, 1.165) is 6.92 Å². The van der Waals surface area contributed by atoms with Gasteiger partial charge >= 0.3 is 12.0 Å². The lowest BCUT2D eigenvalue weighted by molar-refractivity contribution is -0.155. The molecule has 7 nitrogen and oxygen atoms in total. The van der Waals surface area contributed by atoms with Gasteiger partial charge < -0.3 is 20.8 Å². The standard InChI is InChI=1S/C10H20N2O5S/c1-7(4-5-18(3)17)12-9(15)11-6-10(2,16)8(13)14/h7,16H,4-6H2,1-3H3,(H,13,14)(H2,11,12,15). The lowest BCUT2D eigenvalue weighted by atomic mass is 10.1. The number of rotatable bonds is 7. The fourth-order valence-electron chi connectivity index (χ4n) is 1.02. The van der Waals surface area contributed by atoms with Crippen molar-refractivity contribution in [2.75, 3.05) is 18.6 Å². The predicted molar refractivity (Wildman–Crippen MR) is 67.8 cm³/mol. The third-order valence-electron chi connectivity index (χ3n) is 2.27. The first-order valence-corrected chi connectivity index (χ1v) is 7.18. The molecule has 3 unspecified atom stereocenters. The number of nitrogens with one attached hydrogen (secondary N) is 2. The summed E-state index contributed by atoms with van der Waals surface area (Å²) in [6, 6.07) is -0.741. The number of aliphatic carboxylic acids is 1. The number of aliphatic hydroxyl groups is 1. The van der Waals surface area contributed by atoms with Gasteiger partial charge in [0.25, 0.3) is 0 Å². The van der Waals surface area contributed by atoms with Crippen LogP contribution in [0.3, 0.4) is 0 Å². The first-order valence-electron chi connectivity index (χ1n) is 5.45. The summed E-state index contributed by atoms with van der Waals surface area (Å²) < 4.78 is 10.9. The fourth-order valence-corrected chi connectivity index (χ4v) is 1.70. The summed E-state index contributed by atoms with van der Waals surface area (Å²) in [4.78, 5) is 21.9. The normalized spacial score (nSPS) is 17.3. The minimum atomic E-state index is -1.99. The Morgan fingerprint density at radius 1 is 1.44 bits per heavy atom.